The van der Waals surface area contributed by atoms with E-state index >= 15 is 0 Å². The molecule has 0 bridgehead atoms. The van der Waals surface area contributed by atoms with Gasteiger partial charge in [-0.3, -0.25) is 19.7 Å². The summed E-state index contributed by atoms with van der Waals surface area (Å²) >= 11 is 1.59. The van der Waals surface area contributed by atoms with Gasteiger partial charge in [-0.1, -0.05) is 24.3 Å². The number of aryl methyl sites for hydroxylation is 1. The Bertz CT molecular complexity index is 602. The highest BCUT2D eigenvalue weighted by Gasteiger charge is 2.32. The van der Waals surface area contributed by atoms with E-state index in [1.54, 1.807) is 11.8 Å². The van der Waals surface area contributed by atoms with Crippen LogP contribution in [0, 0.1) is 0 Å². The number of fused-ring (bicyclic) bond motifs is 1. The van der Waals surface area contributed by atoms with Crippen LogP contribution in [0.25, 0.3) is 0 Å². The van der Waals surface area contributed by atoms with Crippen LogP contribution in [0.15, 0.2) is 24.3 Å². The summed E-state index contributed by atoms with van der Waals surface area (Å²) in [6, 6.07) is 7.31. The van der Waals surface area contributed by atoms with Crippen LogP contribution >= 0.6 is 11.8 Å². The standard InChI is InChI=1S/C15H16N2O3S/c18-12-6-5-11(14(19)17-12)16-15(20)13-10-4-2-1-3-9(10)7-8-21-13/h1-4,11,13H,5-8H2,(H,16,20)(H,17,18,19). The minimum Gasteiger partial charge on any atom is -0.343 e. The number of nitrogens with one attached hydrogen (secondary N) is 2. The fraction of sp³-hybridized carbons (Fsp3) is 0.400. The average molecular weight is 304 g/mol. The van der Waals surface area contributed by atoms with Gasteiger partial charge in [0.1, 0.15) is 11.3 Å². The van der Waals surface area contributed by atoms with Gasteiger partial charge in [-0.05, 0) is 29.7 Å². The molecule has 1 fully saturated rings. The average Bonchev–Trinajstić information content (AvgIpc) is 2.49. The van der Waals surface area contributed by atoms with Gasteiger partial charge in [0.25, 0.3) is 0 Å². The highest BCUT2D eigenvalue weighted by molar-refractivity contribution is 8.00. The van der Waals surface area contributed by atoms with Gasteiger partial charge in [0, 0.05) is 6.42 Å². The molecule has 0 radical (unpaired) electrons. The van der Waals surface area contributed by atoms with Crippen molar-refractivity contribution in [2.75, 3.05) is 5.75 Å². The number of carbonyl (C=O) groups is 3. The molecule has 0 saturated carbocycles. The lowest BCUT2D eigenvalue weighted by Crippen LogP contribution is -2.53. The van der Waals surface area contributed by atoms with Crippen molar-refractivity contribution >= 4 is 29.5 Å². The van der Waals surface area contributed by atoms with E-state index in [2.05, 4.69) is 10.6 Å². The Morgan fingerprint density at radius 1 is 1.24 bits per heavy atom. The van der Waals surface area contributed by atoms with Crippen molar-refractivity contribution in [3.8, 4) is 0 Å². The largest absolute Gasteiger partial charge is 0.343 e. The quantitative estimate of drug-likeness (QED) is 0.797. The summed E-state index contributed by atoms with van der Waals surface area (Å²) in [5.74, 6) is 0.0583. The topological polar surface area (TPSA) is 75.3 Å². The van der Waals surface area contributed by atoms with E-state index in [0.29, 0.717) is 6.42 Å². The molecule has 1 saturated heterocycles. The van der Waals surface area contributed by atoms with Gasteiger partial charge < -0.3 is 5.32 Å². The first-order chi connectivity index (χ1) is 10.1. The Morgan fingerprint density at radius 3 is 2.86 bits per heavy atom. The number of imide groups is 1. The van der Waals surface area contributed by atoms with E-state index in [-0.39, 0.29) is 23.5 Å². The Labute approximate surface area is 126 Å². The Morgan fingerprint density at radius 2 is 2.05 bits per heavy atom. The summed E-state index contributed by atoms with van der Waals surface area (Å²) in [5.41, 5.74) is 2.22. The molecule has 1 aromatic carbocycles. The number of carbonyl (C=O) groups excluding carboxylic acids is 3. The summed E-state index contributed by atoms with van der Waals surface area (Å²) in [4.78, 5) is 35.3. The van der Waals surface area contributed by atoms with E-state index in [4.69, 9.17) is 0 Å². The number of benzene rings is 1. The second-order valence-electron chi connectivity index (χ2n) is 5.21. The molecule has 3 rings (SSSR count). The minimum atomic E-state index is -0.607. The Kier molecular flexibility index (Phi) is 3.96. The fourth-order valence-corrected chi connectivity index (χ4v) is 3.89. The first-order valence-corrected chi connectivity index (χ1v) is 8.03. The molecule has 2 aliphatic heterocycles. The number of piperidine rings is 1. The van der Waals surface area contributed by atoms with Crippen molar-refractivity contribution in [2.45, 2.75) is 30.6 Å². The zero-order chi connectivity index (χ0) is 14.8. The van der Waals surface area contributed by atoms with Crippen molar-refractivity contribution in [1.82, 2.24) is 10.6 Å². The van der Waals surface area contributed by atoms with Gasteiger partial charge in [-0.25, -0.2) is 0 Å². The molecule has 0 aromatic heterocycles. The van der Waals surface area contributed by atoms with Crippen molar-refractivity contribution < 1.29 is 14.4 Å². The van der Waals surface area contributed by atoms with Crippen LogP contribution in [0.3, 0.4) is 0 Å². The van der Waals surface area contributed by atoms with Gasteiger partial charge in [0.2, 0.25) is 17.7 Å². The molecule has 2 heterocycles. The molecule has 110 valence electrons. The maximum Gasteiger partial charge on any atom is 0.249 e. The van der Waals surface area contributed by atoms with Crippen molar-refractivity contribution in [1.29, 1.82) is 0 Å². The number of rotatable bonds is 2. The van der Waals surface area contributed by atoms with Crippen molar-refractivity contribution in [3.63, 3.8) is 0 Å². The monoisotopic (exact) mass is 304 g/mol. The Balaban J connectivity index is 1.72. The van der Waals surface area contributed by atoms with Crippen LogP contribution in [0.2, 0.25) is 0 Å². The van der Waals surface area contributed by atoms with Crippen LogP contribution in [0.1, 0.15) is 29.2 Å². The van der Waals surface area contributed by atoms with Crippen LogP contribution in [0.4, 0.5) is 0 Å². The van der Waals surface area contributed by atoms with E-state index in [1.165, 1.54) is 5.56 Å². The van der Waals surface area contributed by atoms with Gasteiger partial charge in [-0.15, -0.1) is 11.8 Å². The molecule has 6 heteroatoms. The maximum absolute atomic E-state index is 12.5. The lowest BCUT2D eigenvalue weighted by molar-refractivity contribution is -0.137. The number of thioether (sulfide) groups is 1. The van der Waals surface area contributed by atoms with E-state index in [0.717, 1.165) is 17.7 Å². The summed E-state index contributed by atoms with van der Waals surface area (Å²) in [5, 5.41) is 4.76. The van der Waals surface area contributed by atoms with Gasteiger partial charge in [0.15, 0.2) is 0 Å². The van der Waals surface area contributed by atoms with Crippen molar-refractivity contribution in [2.24, 2.45) is 0 Å². The second kappa shape index (κ2) is 5.89. The molecule has 1 aromatic rings. The first-order valence-electron chi connectivity index (χ1n) is 6.98. The van der Waals surface area contributed by atoms with Gasteiger partial charge in [0.05, 0.1) is 0 Å². The highest BCUT2D eigenvalue weighted by atomic mass is 32.2. The van der Waals surface area contributed by atoms with Gasteiger partial charge in [-0.2, -0.15) is 0 Å². The third-order valence-corrected chi connectivity index (χ3v) is 5.03. The third-order valence-electron chi connectivity index (χ3n) is 3.79. The van der Waals surface area contributed by atoms with Crippen LogP contribution < -0.4 is 10.6 Å². The van der Waals surface area contributed by atoms with E-state index in [9.17, 15) is 14.4 Å². The van der Waals surface area contributed by atoms with Crippen LogP contribution in [0.5, 0.6) is 0 Å². The fourth-order valence-electron chi connectivity index (χ4n) is 2.69. The molecular formula is C15H16N2O3S. The lowest BCUT2D eigenvalue weighted by atomic mass is 10.00. The maximum atomic E-state index is 12.5. The molecular weight excluding hydrogens is 288 g/mol. The molecule has 21 heavy (non-hydrogen) atoms. The molecule has 2 N–H and O–H groups in total. The minimum absolute atomic E-state index is 0.151. The predicted molar refractivity (Wildman–Crippen MR) is 79.7 cm³/mol. The summed E-state index contributed by atoms with van der Waals surface area (Å²) in [7, 11) is 0. The zero-order valence-corrected chi connectivity index (χ0v) is 12.2. The van der Waals surface area contributed by atoms with Gasteiger partial charge >= 0.3 is 0 Å². The molecule has 2 aliphatic rings. The predicted octanol–water partition coefficient (Wildman–Crippen LogP) is 0.938. The highest BCUT2D eigenvalue weighted by Crippen LogP contribution is 2.36. The lowest BCUT2D eigenvalue weighted by Gasteiger charge is -2.27. The molecule has 0 aliphatic carbocycles. The third kappa shape index (κ3) is 2.95. The molecule has 2 atom stereocenters. The number of amides is 3. The van der Waals surface area contributed by atoms with Crippen LogP contribution in [-0.2, 0) is 20.8 Å². The van der Waals surface area contributed by atoms with Crippen molar-refractivity contribution in [3.05, 3.63) is 35.4 Å². The first kappa shape index (κ1) is 14.1. The van der Waals surface area contributed by atoms with Crippen LogP contribution in [-0.4, -0.2) is 29.5 Å². The molecule has 3 amide bonds. The smallest absolute Gasteiger partial charge is 0.249 e. The number of hydrogen-bond donors (Lipinski definition) is 2. The van der Waals surface area contributed by atoms with E-state index in [1.807, 2.05) is 24.3 Å². The summed E-state index contributed by atoms with van der Waals surface area (Å²) in [6.07, 6.45) is 1.60. The molecule has 5 nitrogen and oxygen atoms in total. The van der Waals surface area contributed by atoms with E-state index < -0.39 is 11.9 Å². The normalized spacial score (nSPS) is 25.0. The zero-order valence-electron chi connectivity index (χ0n) is 11.4. The number of hydrogen-bond acceptors (Lipinski definition) is 4. The summed E-state index contributed by atoms with van der Waals surface area (Å²) < 4.78 is 0. The second-order valence-corrected chi connectivity index (χ2v) is 6.42. The molecule has 2 unspecified atom stereocenters. The Hall–Kier alpha value is -1.82. The molecule has 0 spiro atoms. The SMILES string of the molecule is O=C1CCC(NC(=O)C2SCCc3ccccc32)C(=O)N1. The summed E-state index contributed by atoms with van der Waals surface area (Å²) in [6.45, 7) is 0.